The van der Waals surface area contributed by atoms with Crippen LogP contribution in [0.2, 0.25) is 5.02 Å². The molecule has 0 saturated carbocycles. The lowest BCUT2D eigenvalue weighted by Gasteiger charge is -2.27. The molecule has 0 atom stereocenters. The zero-order valence-corrected chi connectivity index (χ0v) is 20.0. The molecule has 0 radical (unpaired) electrons. The lowest BCUT2D eigenvalue weighted by atomic mass is 10.0. The molecule has 0 unspecified atom stereocenters. The quantitative estimate of drug-likeness (QED) is 0.356. The Labute approximate surface area is 199 Å². The van der Waals surface area contributed by atoms with Crippen molar-refractivity contribution in [2.24, 2.45) is 0 Å². The van der Waals surface area contributed by atoms with E-state index in [0.29, 0.717) is 21.8 Å². The van der Waals surface area contributed by atoms with Gasteiger partial charge in [0.2, 0.25) is 0 Å². The number of carboxylic acid groups (broad SMARTS) is 1. The average Bonchev–Trinajstić information content (AvgIpc) is 3.11. The molecule has 0 fully saturated rings. The van der Waals surface area contributed by atoms with E-state index in [2.05, 4.69) is 23.8 Å². The number of pyridine rings is 1. The summed E-state index contributed by atoms with van der Waals surface area (Å²) in [4.78, 5) is 32.2. The summed E-state index contributed by atoms with van der Waals surface area (Å²) in [6, 6.07) is 14.7. The monoisotopic (exact) mass is 483 g/mol. The smallest absolute Gasteiger partial charge is 0.354 e. The van der Waals surface area contributed by atoms with Gasteiger partial charge in [-0.1, -0.05) is 29.8 Å². The fraction of sp³-hybridized carbons (Fsp3) is 0.208. The summed E-state index contributed by atoms with van der Waals surface area (Å²) in [6.07, 6.45) is 0. The van der Waals surface area contributed by atoms with Crippen molar-refractivity contribution in [3.8, 4) is 11.4 Å². The summed E-state index contributed by atoms with van der Waals surface area (Å²) in [5.41, 5.74) is 2.14. The Hall–Kier alpha value is -3.23. The van der Waals surface area contributed by atoms with Gasteiger partial charge in [-0.3, -0.25) is 0 Å². The number of H-pyrrole nitrogens is 1. The Balaban J connectivity index is 1.84. The Morgan fingerprint density at radius 1 is 1.21 bits per heavy atom. The van der Waals surface area contributed by atoms with Crippen molar-refractivity contribution in [1.29, 1.82) is 0 Å². The number of carbonyl (C=O) groups is 1. The van der Waals surface area contributed by atoms with E-state index in [4.69, 9.17) is 16.3 Å². The number of carboxylic acids is 1. The lowest BCUT2D eigenvalue weighted by Crippen LogP contribution is -2.16. The van der Waals surface area contributed by atoms with Crippen molar-refractivity contribution in [2.45, 2.75) is 30.4 Å². The number of halogens is 1. The number of ether oxygens (including phenoxy) is 1. The number of methoxy groups -OCH3 is 1. The molecule has 2 heterocycles. The largest absolute Gasteiger partial charge is 0.496 e. The van der Waals surface area contributed by atoms with Crippen LogP contribution in [-0.4, -0.2) is 32.7 Å². The molecule has 7 nitrogen and oxygen atoms in total. The van der Waals surface area contributed by atoms with E-state index in [0.717, 1.165) is 16.2 Å². The van der Waals surface area contributed by atoms with Crippen LogP contribution in [0, 0.1) is 6.92 Å². The Bertz CT molecular complexity index is 1440. The zero-order chi connectivity index (χ0) is 23.9. The highest BCUT2D eigenvalue weighted by Gasteiger charge is 2.26. The van der Waals surface area contributed by atoms with Gasteiger partial charge in [-0.15, -0.1) is 11.8 Å². The molecule has 170 valence electrons. The summed E-state index contributed by atoms with van der Waals surface area (Å²) in [5, 5.41) is 9.76. The number of fused-ring (bicyclic) bond motifs is 1. The first kappa shape index (κ1) is 22.9. The summed E-state index contributed by atoms with van der Waals surface area (Å²) in [7, 11) is 1.64. The van der Waals surface area contributed by atoms with Crippen LogP contribution in [-0.2, 0) is 4.75 Å². The fourth-order valence-corrected chi connectivity index (χ4v) is 5.16. The maximum absolute atomic E-state index is 12.9. The van der Waals surface area contributed by atoms with Gasteiger partial charge >= 0.3 is 11.7 Å². The van der Waals surface area contributed by atoms with Gasteiger partial charge in [0.15, 0.2) is 11.3 Å². The molecule has 9 heteroatoms. The first-order valence-corrected chi connectivity index (χ1v) is 11.3. The molecule has 4 rings (SSSR count). The normalized spacial score (nSPS) is 11.7. The highest BCUT2D eigenvalue weighted by molar-refractivity contribution is 8.00. The second-order valence-corrected chi connectivity index (χ2v) is 10.1. The van der Waals surface area contributed by atoms with Crippen molar-refractivity contribution in [3.05, 3.63) is 80.9 Å². The van der Waals surface area contributed by atoms with E-state index >= 15 is 0 Å². The summed E-state index contributed by atoms with van der Waals surface area (Å²) >= 11 is 8.08. The van der Waals surface area contributed by atoms with Gasteiger partial charge < -0.3 is 14.8 Å². The molecular weight excluding hydrogens is 462 g/mol. The number of aromatic nitrogens is 3. The fourth-order valence-electron chi connectivity index (χ4n) is 3.78. The molecule has 0 amide bonds. The van der Waals surface area contributed by atoms with Crippen LogP contribution in [0.1, 0.15) is 35.5 Å². The predicted molar refractivity (Wildman–Crippen MR) is 130 cm³/mol. The molecule has 0 saturated heterocycles. The van der Waals surface area contributed by atoms with Crippen LogP contribution in [0.4, 0.5) is 0 Å². The Kier molecular flexibility index (Phi) is 5.99. The Morgan fingerprint density at radius 3 is 2.64 bits per heavy atom. The van der Waals surface area contributed by atoms with E-state index in [1.807, 2.05) is 36.4 Å². The van der Waals surface area contributed by atoms with Crippen molar-refractivity contribution in [1.82, 2.24) is 14.5 Å². The number of imidazole rings is 1. The Morgan fingerprint density at radius 2 is 1.94 bits per heavy atom. The van der Waals surface area contributed by atoms with Gasteiger partial charge in [-0.05, 0) is 56.7 Å². The molecule has 33 heavy (non-hydrogen) atoms. The van der Waals surface area contributed by atoms with Crippen LogP contribution in [0.25, 0.3) is 16.9 Å². The highest BCUT2D eigenvalue weighted by atomic mass is 35.5. The maximum atomic E-state index is 12.9. The molecule has 2 aromatic heterocycles. The summed E-state index contributed by atoms with van der Waals surface area (Å²) in [5.74, 6) is -0.382. The van der Waals surface area contributed by atoms with Crippen molar-refractivity contribution < 1.29 is 14.6 Å². The number of hydrogen-bond acceptors (Lipinski definition) is 5. The van der Waals surface area contributed by atoms with Crippen LogP contribution in [0.5, 0.6) is 5.75 Å². The van der Waals surface area contributed by atoms with Crippen LogP contribution in [0.15, 0.2) is 58.2 Å². The van der Waals surface area contributed by atoms with Gasteiger partial charge in [0.1, 0.15) is 5.75 Å². The minimum atomic E-state index is -1.17. The number of hydrogen-bond donors (Lipinski definition) is 2. The third kappa shape index (κ3) is 4.24. The third-order valence-corrected chi connectivity index (χ3v) is 6.89. The standard InChI is InChI=1S/C24H22ClN3O4S/c1-13-11-17(22(29)30)26-21-20(13)27-23(31)28(21)18-12-14(9-10-16(18)25)33-24(2,3)15-7-5-6-8-19(15)32-4/h5-12H,1-4H3,(H,27,31)(H,29,30). The predicted octanol–water partition coefficient (Wildman–Crippen LogP) is 5.41. The zero-order valence-electron chi connectivity index (χ0n) is 18.5. The van der Waals surface area contributed by atoms with Gasteiger partial charge in [0, 0.05) is 15.2 Å². The van der Waals surface area contributed by atoms with Crippen LogP contribution in [0.3, 0.4) is 0 Å². The molecule has 2 N–H and O–H groups in total. The van der Waals surface area contributed by atoms with Crippen molar-refractivity contribution >= 4 is 40.5 Å². The minimum absolute atomic E-state index is 0.147. The topological polar surface area (TPSA) is 97.2 Å². The van der Waals surface area contributed by atoms with E-state index in [9.17, 15) is 14.7 Å². The van der Waals surface area contributed by atoms with E-state index < -0.39 is 11.7 Å². The minimum Gasteiger partial charge on any atom is -0.496 e. The molecule has 0 bridgehead atoms. The molecular formula is C24H22ClN3O4S. The van der Waals surface area contributed by atoms with E-state index in [-0.39, 0.29) is 16.1 Å². The average molecular weight is 484 g/mol. The van der Waals surface area contributed by atoms with Gasteiger partial charge in [0.05, 0.1) is 23.3 Å². The first-order chi connectivity index (χ1) is 15.6. The van der Waals surface area contributed by atoms with Crippen molar-refractivity contribution in [2.75, 3.05) is 7.11 Å². The van der Waals surface area contributed by atoms with E-state index in [1.165, 1.54) is 10.6 Å². The third-order valence-electron chi connectivity index (χ3n) is 5.35. The second kappa shape index (κ2) is 8.61. The molecule has 0 aliphatic heterocycles. The maximum Gasteiger partial charge on any atom is 0.354 e. The lowest BCUT2D eigenvalue weighted by molar-refractivity contribution is 0.0690. The number of thioether (sulfide) groups is 1. The number of aryl methyl sites for hydroxylation is 1. The van der Waals surface area contributed by atoms with E-state index in [1.54, 1.807) is 31.9 Å². The molecule has 0 aliphatic carbocycles. The summed E-state index contributed by atoms with van der Waals surface area (Å²) in [6.45, 7) is 5.90. The highest BCUT2D eigenvalue weighted by Crippen LogP contribution is 2.45. The van der Waals surface area contributed by atoms with Gasteiger partial charge in [0.25, 0.3) is 0 Å². The van der Waals surface area contributed by atoms with Crippen LogP contribution < -0.4 is 10.4 Å². The molecule has 4 aromatic rings. The molecule has 0 spiro atoms. The number of nitrogens with zero attached hydrogens (tertiary/aromatic N) is 2. The van der Waals surface area contributed by atoms with Crippen molar-refractivity contribution in [3.63, 3.8) is 0 Å². The van der Waals surface area contributed by atoms with Gasteiger partial charge in [-0.2, -0.15) is 0 Å². The van der Waals surface area contributed by atoms with Gasteiger partial charge in [-0.25, -0.2) is 19.1 Å². The molecule has 0 aliphatic rings. The summed E-state index contributed by atoms with van der Waals surface area (Å²) < 4.78 is 6.50. The molecule has 2 aromatic carbocycles. The first-order valence-electron chi connectivity index (χ1n) is 10.1. The number of para-hydroxylation sites is 1. The number of aromatic amines is 1. The SMILES string of the molecule is COc1ccccc1C(C)(C)Sc1ccc(Cl)c(-n2c(=O)[nH]c3c(C)cc(C(=O)O)nc32)c1. The number of benzene rings is 2. The number of aromatic carboxylic acids is 1. The second-order valence-electron chi connectivity index (χ2n) is 8.02. The van der Waals surface area contributed by atoms with Crippen LogP contribution >= 0.6 is 23.4 Å². The number of nitrogens with one attached hydrogen (secondary N) is 1. The number of rotatable bonds is 6.